The molecule has 1 nitrogen and oxygen atoms in total. The molecule has 3 aromatic rings. The number of benzene rings is 3. The monoisotopic (exact) mass is 460 g/mol. The predicted molar refractivity (Wildman–Crippen MR) is 141 cm³/mol. The van der Waals surface area contributed by atoms with Crippen molar-refractivity contribution in [3.8, 4) is 0 Å². The molecule has 1 aliphatic carbocycles. The Balaban J connectivity index is 1.56. The molecule has 1 saturated heterocycles. The third-order valence-electron chi connectivity index (χ3n) is 7.11. The summed E-state index contributed by atoms with van der Waals surface area (Å²) in [6, 6.07) is 31.1. The van der Waals surface area contributed by atoms with E-state index in [2.05, 4.69) is 106 Å². The zero-order valence-corrected chi connectivity index (χ0v) is 21.0. The highest BCUT2D eigenvalue weighted by molar-refractivity contribution is 8.00. The maximum absolute atomic E-state index is 6.90. The van der Waals surface area contributed by atoms with E-state index in [0.29, 0.717) is 12.0 Å². The highest BCUT2D eigenvalue weighted by Gasteiger charge is 2.47. The average Bonchev–Trinajstić information content (AvgIpc) is 2.81. The number of thioether (sulfide) groups is 1. The van der Waals surface area contributed by atoms with Crippen LogP contribution in [0.25, 0.3) is 0 Å². The fourth-order valence-electron chi connectivity index (χ4n) is 5.41. The van der Waals surface area contributed by atoms with Crippen molar-refractivity contribution in [3.05, 3.63) is 90.5 Å². The maximum Gasteiger partial charge on any atom is 0.129 e. The zero-order valence-electron chi connectivity index (χ0n) is 19.3. The van der Waals surface area contributed by atoms with Crippen molar-refractivity contribution in [3.63, 3.8) is 0 Å². The van der Waals surface area contributed by atoms with Crippen LogP contribution in [0.2, 0.25) is 0 Å². The lowest BCUT2D eigenvalue weighted by molar-refractivity contribution is -0.0568. The van der Waals surface area contributed by atoms with E-state index in [-0.39, 0.29) is 10.2 Å². The van der Waals surface area contributed by atoms with Crippen molar-refractivity contribution in [2.75, 3.05) is 0 Å². The Hall–Kier alpha value is -1.60. The Bertz CT molecular complexity index is 996. The van der Waals surface area contributed by atoms with Crippen LogP contribution in [0, 0.1) is 11.8 Å². The van der Waals surface area contributed by atoms with Gasteiger partial charge in [0.2, 0.25) is 0 Å². The first-order valence-electron chi connectivity index (χ1n) is 11.9. The van der Waals surface area contributed by atoms with Gasteiger partial charge in [-0.05, 0) is 60.5 Å². The maximum atomic E-state index is 6.90. The van der Waals surface area contributed by atoms with Gasteiger partial charge in [0, 0.05) is 4.75 Å². The van der Waals surface area contributed by atoms with Gasteiger partial charge in [0.05, 0.1) is 6.10 Å². The van der Waals surface area contributed by atoms with Crippen LogP contribution in [0.4, 0.5) is 0 Å². The average molecular weight is 461 g/mol. The number of rotatable bonds is 4. The second kappa shape index (κ2) is 9.34. The van der Waals surface area contributed by atoms with E-state index in [1.807, 2.05) is 11.8 Å². The van der Waals surface area contributed by atoms with Crippen molar-refractivity contribution in [2.45, 2.75) is 56.3 Å². The van der Waals surface area contributed by atoms with Crippen molar-refractivity contribution < 1.29 is 4.74 Å². The summed E-state index contributed by atoms with van der Waals surface area (Å²) in [6.07, 6.45) is 4.15. The molecule has 4 atom stereocenters. The molecule has 32 heavy (non-hydrogen) atoms. The molecule has 3 aromatic carbocycles. The Labute approximate surface area is 198 Å². The van der Waals surface area contributed by atoms with Crippen LogP contribution in [0.5, 0.6) is 0 Å². The van der Waals surface area contributed by atoms with Gasteiger partial charge in [0.1, 0.15) is 5.44 Å². The normalized spacial score (nSPS) is 27.1. The number of hydrogen-bond acceptors (Lipinski definition) is 2. The molecular formula is C29H33OPS. The summed E-state index contributed by atoms with van der Waals surface area (Å²) in [7, 11) is -0.642. The molecule has 2 fully saturated rings. The third kappa shape index (κ3) is 4.43. The van der Waals surface area contributed by atoms with E-state index in [9.17, 15) is 0 Å². The summed E-state index contributed by atoms with van der Waals surface area (Å²) in [5.41, 5.74) is 1.45. The van der Waals surface area contributed by atoms with Gasteiger partial charge in [-0.25, -0.2) is 0 Å². The zero-order chi connectivity index (χ0) is 22.1. The van der Waals surface area contributed by atoms with Crippen LogP contribution >= 0.6 is 19.7 Å². The van der Waals surface area contributed by atoms with Gasteiger partial charge in [-0.2, -0.15) is 0 Å². The van der Waals surface area contributed by atoms with Crippen LogP contribution in [0.3, 0.4) is 0 Å². The molecular weight excluding hydrogens is 427 g/mol. The van der Waals surface area contributed by atoms with Crippen LogP contribution < -0.4 is 15.9 Å². The quantitative estimate of drug-likeness (QED) is 0.397. The summed E-state index contributed by atoms with van der Waals surface area (Å²) in [5.74, 6) is 1.46. The number of fused-ring (bicyclic) bond motifs is 1. The molecule has 0 radical (unpaired) electrons. The lowest BCUT2D eigenvalue weighted by Gasteiger charge is -2.50. The van der Waals surface area contributed by atoms with E-state index in [1.54, 1.807) is 0 Å². The highest BCUT2D eigenvalue weighted by atomic mass is 32.2. The summed E-state index contributed by atoms with van der Waals surface area (Å²) in [4.78, 5) is 0. The standard InChI is InChI=1S/C29H33OPS/c1-21-18-19-26-25(20-21)29(2,3)32-28(30-26)24-16-10-11-17-27(24)31(22-12-6-4-7-13-22)23-14-8-5-9-15-23/h4-17,21,25-26,28H,18-20H2,1-3H3/t21-,25-,26-,28-/m1/s1. The first-order chi connectivity index (χ1) is 15.5. The molecule has 0 N–H and O–H groups in total. The van der Waals surface area contributed by atoms with Gasteiger partial charge in [-0.1, -0.05) is 106 Å². The van der Waals surface area contributed by atoms with E-state index >= 15 is 0 Å². The van der Waals surface area contributed by atoms with E-state index in [0.717, 1.165) is 5.92 Å². The summed E-state index contributed by atoms with van der Waals surface area (Å²) < 4.78 is 7.12. The lowest BCUT2D eigenvalue weighted by atomic mass is 9.74. The summed E-state index contributed by atoms with van der Waals surface area (Å²) in [5, 5.41) is 4.21. The van der Waals surface area contributed by atoms with Crippen molar-refractivity contribution in [1.29, 1.82) is 0 Å². The molecule has 0 bridgehead atoms. The van der Waals surface area contributed by atoms with E-state index in [4.69, 9.17) is 4.74 Å². The predicted octanol–water partition coefficient (Wildman–Crippen LogP) is 6.79. The minimum Gasteiger partial charge on any atom is -0.359 e. The highest BCUT2D eigenvalue weighted by Crippen LogP contribution is 2.55. The molecule has 0 amide bonds. The second-order valence-corrected chi connectivity index (χ2v) is 13.7. The third-order valence-corrected chi connectivity index (χ3v) is 11.1. The molecule has 1 aliphatic heterocycles. The number of ether oxygens (including phenoxy) is 1. The van der Waals surface area contributed by atoms with Crippen LogP contribution in [0.15, 0.2) is 84.9 Å². The molecule has 1 saturated carbocycles. The van der Waals surface area contributed by atoms with Crippen molar-refractivity contribution in [1.82, 2.24) is 0 Å². The molecule has 1 heterocycles. The van der Waals surface area contributed by atoms with Gasteiger partial charge < -0.3 is 4.74 Å². The Morgan fingerprint density at radius 3 is 2.06 bits per heavy atom. The molecule has 0 unspecified atom stereocenters. The smallest absolute Gasteiger partial charge is 0.129 e. The van der Waals surface area contributed by atoms with E-state index in [1.165, 1.54) is 40.7 Å². The van der Waals surface area contributed by atoms with Crippen molar-refractivity contribution in [2.24, 2.45) is 11.8 Å². The molecule has 3 heteroatoms. The Kier molecular flexibility index (Phi) is 6.48. The molecule has 5 rings (SSSR count). The summed E-state index contributed by atoms with van der Waals surface area (Å²) >= 11 is 2.04. The first kappa shape index (κ1) is 22.2. The van der Waals surface area contributed by atoms with Gasteiger partial charge in [-0.15, -0.1) is 11.8 Å². The Morgan fingerprint density at radius 2 is 1.41 bits per heavy atom. The largest absolute Gasteiger partial charge is 0.359 e. The van der Waals surface area contributed by atoms with E-state index < -0.39 is 7.92 Å². The Morgan fingerprint density at radius 1 is 0.812 bits per heavy atom. The van der Waals surface area contributed by atoms with Gasteiger partial charge in [0.25, 0.3) is 0 Å². The second-order valence-electron chi connectivity index (χ2n) is 9.82. The minimum absolute atomic E-state index is 0.0910. The van der Waals surface area contributed by atoms with Crippen LogP contribution in [-0.4, -0.2) is 10.9 Å². The first-order valence-corrected chi connectivity index (χ1v) is 14.1. The number of hydrogen-bond donors (Lipinski definition) is 0. The molecule has 0 spiro atoms. The fraction of sp³-hybridized carbons (Fsp3) is 0.379. The summed E-state index contributed by atoms with van der Waals surface area (Å²) in [6.45, 7) is 7.30. The molecule has 2 aliphatic rings. The van der Waals surface area contributed by atoms with Crippen LogP contribution in [0.1, 0.15) is 51.0 Å². The topological polar surface area (TPSA) is 9.23 Å². The van der Waals surface area contributed by atoms with Gasteiger partial charge in [0.15, 0.2) is 0 Å². The lowest BCUT2D eigenvalue weighted by Crippen LogP contribution is -2.47. The SMILES string of the molecule is C[C@@H]1CC[C@H]2O[C@@H](c3ccccc3P(c3ccccc3)c3ccccc3)SC(C)(C)[C@@H]2C1. The molecule has 166 valence electrons. The molecule has 0 aromatic heterocycles. The minimum atomic E-state index is -0.642. The fourth-order valence-corrected chi connectivity index (χ4v) is 9.48. The van der Waals surface area contributed by atoms with Crippen molar-refractivity contribution >= 4 is 35.6 Å². The van der Waals surface area contributed by atoms with Gasteiger partial charge >= 0.3 is 0 Å². The van der Waals surface area contributed by atoms with Gasteiger partial charge in [-0.3, -0.25) is 0 Å². The van der Waals surface area contributed by atoms with Crippen LogP contribution in [-0.2, 0) is 4.74 Å².